The van der Waals surface area contributed by atoms with Crippen molar-refractivity contribution < 1.29 is 9.59 Å². The van der Waals surface area contributed by atoms with Gasteiger partial charge in [-0.3, -0.25) is 9.59 Å². The lowest BCUT2D eigenvalue weighted by Gasteiger charge is -2.56. The summed E-state index contributed by atoms with van der Waals surface area (Å²) in [6.45, 7) is 1.00. The number of halogens is 1. The summed E-state index contributed by atoms with van der Waals surface area (Å²) in [5.74, 6) is 2.81. The Morgan fingerprint density at radius 3 is 2.00 bits per heavy atom. The van der Waals surface area contributed by atoms with E-state index in [9.17, 15) is 9.59 Å². The first-order valence-corrected chi connectivity index (χ1v) is 11.2. The molecule has 5 rings (SSSR count). The molecule has 2 amide bonds. The highest BCUT2D eigenvalue weighted by molar-refractivity contribution is 6.30. The van der Waals surface area contributed by atoms with E-state index >= 15 is 0 Å². The van der Waals surface area contributed by atoms with E-state index in [1.54, 1.807) is 0 Å². The Balaban J connectivity index is 1.12. The summed E-state index contributed by atoms with van der Waals surface area (Å²) in [4.78, 5) is 24.5. The summed E-state index contributed by atoms with van der Waals surface area (Å²) in [7, 11) is 0. The van der Waals surface area contributed by atoms with E-state index in [4.69, 9.17) is 11.6 Å². The number of amides is 2. The topological polar surface area (TPSA) is 58.2 Å². The summed E-state index contributed by atoms with van der Waals surface area (Å²) >= 11 is 5.87. The molecule has 5 heteroatoms. The van der Waals surface area contributed by atoms with Gasteiger partial charge in [0.1, 0.15) is 0 Å². The monoisotopic (exact) mass is 402 g/mol. The molecule has 4 aliphatic rings. The Labute approximate surface area is 172 Å². The van der Waals surface area contributed by atoms with Crippen LogP contribution in [0.25, 0.3) is 0 Å². The Morgan fingerprint density at radius 2 is 1.43 bits per heavy atom. The second kappa shape index (κ2) is 8.44. The van der Waals surface area contributed by atoms with Gasteiger partial charge in [-0.05, 0) is 85.8 Å². The molecule has 2 N–H and O–H groups in total. The molecular formula is C23H31ClN2O2. The molecule has 0 atom stereocenters. The zero-order valence-corrected chi connectivity index (χ0v) is 17.3. The molecule has 0 aromatic heterocycles. The molecule has 4 bridgehead atoms. The van der Waals surface area contributed by atoms with Crippen LogP contribution < -0.4 is 10.6 Å². The van der Waals surface area contributed by atoms with E-state index in [1.165, 1.54) is 38.5 Å². The van der Waals surface area contributed by atoms with Crippen LogP contribution in [0.5, 0.6) is 0 Å². The first kappa shape index (κ1) is 19.8. The lowest BCUT2D eigenvalue weighted by molar-refractivity contribution is -0.129. The third-order valence-corrected chi connectivity index (χ3v) is 7.28. The van der Waals surface area contributed by atoms with Crippen molar-refractivity contribution in [1.29, 1.82) is 0 Å². The number of aryl methyl sites for hydroxylation is 1. The zero-order valence-electron chi connectivity index (χ0n) is 16.5. The van der Waals surface area contributed by atoms with Gasteiger partial charge in [-0.2, -0.15) is 0 Å². The summed E-state index contributed by atoms with van der Waals surface area (Å²) < 4.78 is 0. The third kappa shape index (κ3) is 4.89. The Hall–Kier alpha value is -1.55. The molecule has 1 aromatic carbocycles. The minimum atomic E-state index is 0.0188. The molecule has 0 aliphatic heterocycles. The molecule has 28 heavy (non-hydrogen) atoms. The smallest absolute Gasteiger partial charge is 0.220 e. The van der Waals surface area contributed by atoms with Crippen LogP contribution in [-0.4, -0.2) is 24.9 Å². The van der Waals surface area contributed by atoms with Crippen molar-refractivity contribution in [3.05, 3.63) is 34.9 Å². The molecule has 4 aliphatic carbocycles. The zero-order chi connectivity index (χ0) is 19.6. The number of hydrogen-bond donors (Lipinski definition) is 2. The van der Waals surface area contributed by atoms with Crippen LogP contribution in [0.4, 0.5) is 0 Å². The Morgan fingerprint density at radius 1 is 0.893 bits per heavy atom. The maximum atomic E-state index is 12.5. The fraction of sp³-hybridized carbons (Fsp3) is 0.652. The molecule has 4 fully saturated rings. The van der Waals surface area contributed by atoms with E-state index in [0.717, 1.165) is 23.3 Å². The molecule has 0 spiro atoms. The number of rotatable bonds is 8. The van der Waals surface area contributed by atoms with E-state index in [2.05, 4.69) is 10.6 Å². The molecule has 4 nitrogen and oxygen atoms in total. The maximum Gasteiger partial charge on any atom is 0.220 e. The first-order chi connectivity index (χ1) is 13.5. The molecule has 1 aromatic rings. The minimum Gasteiger partial charge on any atom is -0.354 e. The number of hydrogen-bond acceptors (Lipinski definition) is 2. The third-order valence-electron chi connectivity index (χ3n) is 7.02. The lowest BCUT2D eigenvalue weighted by Crippen LogP contribution is -2.48. The van der Waals surface area contributed by atoms with Crippen molar-refractivity contribution in [3.63, 3.8) is 0 Å². The van der Waals surface area contributed by atoms with E-state index in [0.29, 0.717) is 37.4 Å². The van der Waals surface area contributed by atoms with E-state index in [1.807, 2.05) is 24.3 Å². The van der Waals surface area contributed by atoms with Crippen molar-refractivity contribution in [3.8, 4) is 0 Å². The molecular weight excluding hydrogens is 372 g/mol. The summed E-state index contributed by atoms with van der Waals surface area (Å²) in [6, 6.07) is 7.57. The van der Waals surface area contributed by atoms with Crippen LogP contribution >= 0.6 is 11.6 Å². The maximum absolute atomic E-state index is 12.5. The highest BCUT2D eigenvalue weighted by Gasteiger charge is 2.51. The summed E-state index contributed by atoms with van der Waals surface area (Å²) in [5.41, 5.74) is 1.38. The van der Waals surface area contributed by atoms with Crippen LogP contribution in [0.1, 0.15) is 56.9 Å². The number of benzene rings is 1. The van der Waals surface area contributed by atoms with Gasteiger partial charge in [0.15, 0.2) is 0 Å². The summed E-state index contributed by atoms with van der Waals surface area (Å²) in [5, 5.41) is 6.63. The number of carbonyl (C=O) groups excluding carboxylic acids is 2. The van der Waals surface area contributed by atoms with Gasteiger partial charge in [0.25, 0.3) is 0 Å². The second-order valence-electron chi connectivity index (χ2n) is 9.42. The molecule has 0 unspecified atom stereocenters. The van der Waals surface area contributed by atoms with E-state index in [-0.39, 0.29) is 17.2 Å². The summed E-state index contributed by atoms with van der Waals surface area (Å²) in [6.07, 6.45) is 9.82. The van der Waals surface area contributed by atoms with Gasteiger partial charge in [0, 0.05) is 31.0 Å². The van der Waals surface area contributed by atoms with Crippen molar-refractivity contribution in [2.45, 2.75) is 57.8 Å². The number of nitrogens with one attached hydrogen (secondary N) is 2. The fourth-order valence-corrected chi connectivity index (χ4v) is 6.44. The molecule has 0 radical (unpaired) electrons. The van der Waals surface area contributed by atoms with Gasteiger partial charge in [0.2, 0.25) is 11.8 Å². The SMILES string of the molecule is O=C(CCc1ccc(Cl)cc1)NCCNC(=O)CC12CC3CC(CC(C3)C1)C2. The van der Waals surface area contributed by atoms with Crippen LogP contribution in [-0.2, 0) is 16.0 Å². The highest BCUT2D eigenvalue weighted by atomic mass is 35.5. The first-order valence-electron chi connectivity index (χ1n) is 10.8. The van der Waals surface area contributed by atoms with Crippen LogP contribution in [0, 0.1) is 23.2 Å². The predicted molar refractivity (Wildman–Crippen MR) is 111 cm³/mol. The van der Waals surface area contributed by atoms with Gasteiger partial charge in [-0.1, -0.05) is 23.7 Å². The largest absolute Gasteiger partial charge is 0.354 e. The average Bonchev–Trinajstić information content (AvgIpc) is 2.63. The molecule has 0 heterocycles. The van der Waals surface area contributed by atoms with Gasteiger partial charge in [0.05, 0.1) is 0 Å². The Kier molecular flexibility index (Phi) is 5.96. The molecule has 0 saturated heterocycles. The normalized spacial score (nSPS) is 30.2. The molecule has 4 saturated carbocycles. The van der Waals surface area contributed by atoms with Crippen LogP contribution in [0.2, 0.25) is 5.02 Å². The standard InChI is InChI=1S/C23H31ClN2O2/c24-20-4-1-16(2-5-20)3-6-21(27)25-7-8-26-22(28)15-23-12-17-9-18(13-23)11-19(10-17)14-23/h1-2,4-5,17-19H,3,6-15H2,(H,25,27)(H,26,28). The highest BCUT2D eigenvalue weighted by Crippen LogP contribution is 2.61. The van der Waals surface area contributed by atoms with Crippen molar-refractivity contribution in [2.24, 2.45) is 23.2 Å². The van der Waals surface area contributed by atoms with Crippen LogP contribution in [0.15, 0.2) is 24.3 Å². The van der Waals surface area contributed by atoms with Crippen LogP contribution in [0.3, 0.4) is 0 Å². The van der Waals surface area contributed by atoms with Crippen molar-refractivity contribution in [2.75, 3.05) is 13.1 Å². The minimum absolute atomic E-state index is 0.0188. The average molecular weight is 403 g/mol. The second-order valence-corrected chi connectivity index (χ2v) is 9.86. The predicted octanol–water partition coefficient (Wildman–Crippen LogP) is 4.11. The van der Waals surface area contributed by atoms with Crippen molar-refractivity contribution >= 4 is 23.4 Å². The van der Waals surface area contributed by atoms with Crippen molar-refractivity contribution in [1.82, 2.24) is 10.6 Å². The lowest BCUT2D eigenvalue weighted by atomic mass is 9.49. The Bertz CT molecular complexity index is 681. The number of carbonyl (C=O) groups is 2. The van der Waals surface area contributed by atoms with Gasteiger partial charge < -0.3 is 10.6 Å². The van der Waals surface area contributed by atoms with Gasteiger partial charge >= 0.3 is 0 Å². The quantitative estimate of drug-likeness (QED) is 0.643. The van der Waals surface area contributed by atoms with Gasteiger partial charge in [-0.15, -0.1) is 0 Å². The molecule has 152 valence electrons. The fourth-order valence-electron chi connectivity index (χ4n) is 6.31. The van der Waals surface area contributed by atoms with E-state index < -0.39 is 0 Å². The van der Waals surface area contributed by atoms with Gasteiger partial charge in [-0.25, -0.2) is 0 Å².